The molecule has 1 aliphatic rings. The second kappa shape index (κ2) is 8.85. The number of H-pyrrole nitrogens is 1. The fourth-order valence-corrected chi connectivity index (χ4v) is 4.07. The Morgan fingerprint density at radius 2 is 1.40 bits per heavy atom. The third-order valence-electron chi connectivity index (χ3n) is 5.39. The van der Waals surface area contributed by atoms with Crippen molar-refractivity contribution in [1.29, 1.82) is 0 Å². The molecule has 30 heavy (non-hydrogen) atoms. The lowest BCUT2D eigenvalue weighted by molar-refractivity contribution is 0.0596. The number of nitrogens with zero attached hydrogens (tertiary/aromatic N) is 2. The van der Waals surface area contributed by atoms with Gasteiger partial charge >= 0.3 is 0 Å². The van der Waals surface area contributed by atoms with E-state index in [9.17, 15) is 13.6 Å². The van der Waals surface area contributed by atoms with Gasteiger partial charge in [-0.05, 0) is 47.5 Å². The minimum Gasteiger partial charge on any atom is -0.352 e. The molecule has 4 rings (SSSR count). The van der Waals surface area contributed by atoms with E-state index in [4.69, 9.17) is 12.2 Å². The number of aromatic nitrogens is 1. The highest BCUT2D eigenvalue weighted by molar-refractivity contribution is 7.71. The normalized spacial score (nSPS) is 14.8. The van der Waals surface area contributed by atoms with E-state index in [1.807, 2.05) is 0 Å². The minimum absolute atomic E-state index is 0.0865. The maximum absolute atomic E-state index is 13.5. The van der Waals surface area contributed by atoms with Crippen molar-refractivity contribution in [2.45, 2.75) is 6.04 Å². The summed E-state index contributed by atoms with van der Waals surface area (Å²) in [5, 5.41) is 0. The number of carbonyl (C=O) groups is 1. The van der Waals surface area contributed by atoms with Crippen LogP contribution in [0.4, 0.5) is 8.78 Å². The monoisotopic (exact) mass is 425 g/mol. The topological polar surface area (TPSA) is 39.3 Å². The summed E-state index contributed by atoms with van der Waals surface area (Å²) >= 11 is 5.24. The highest BCUT2D eigenvalue weighted by atomic mass is 32.1. The summed E-state index contributed by atoms with van der Waals surface area (Å²) in [6, 6.07) is 16.1. The molecular formula is C23H21F2N3OS. The number of hydrogen-bond acceptors (Lipinski definition) is 3. The number of nitrogens with one attached hydrogen (secondary N) is 1. The van der Waals surface area contributed by atoms with Crippen LogP contribution in [0.25, 0.3) is 0 Å². The summed E-state index contributed by atoms with van der Waals surface area (Å²) in [7, 11) is 0. The molecule has 1 amide bonds. The van der Waals surface area contributed by atoms with Gasteiger partial charge in [-0.3, -0.25) is 9.69 Å². The Labute approximate surface area is 178 Å². The van der Waals surface area contributed by atoms with Crippen LogP contribution in [0.1, 0.15) is 27.5 Å². The molecule has 0 aliphatic carbocycles. The highest BCUT2D eigenvalue weighted by Gasteiger charge is 2.29. The number of piperazine rings is 1. The number of carbonyl (C=O) groups excluding carboxylic acids is 1. The van der Waals surface area contributed by atoms with Gasteiger partial charge < -0.3 is 9.88 Å². The van der Waals surface area contributed by atoms with E-state index in [2.05, 4.69) is 9.88 Å². The molecule has 0 bridgehead atoms. The molecule has 0 radical (unpaired) electrons. The van der Waals surface area contributed by atoms with Gasteiger partial charge in [0.15, 0.2) is 0 Å². The Hall–Kier alpha value is -2.90. The van der Waals surface area contributed by atoms with Crippen molar-refractivity contribution in [3.63, 3.8) is 0 Å². The van der Waals surface area contributed by atoms with Crippen molar-refractivity contribution in [2.75, 3.05) is 26.2 Å². The van der Waals surface area contributed by atoms with Gasteiger partial charge in [0.25, 0.3) is 5.91 Å². The van der Waals surface area contributed by atoms with Crippen LogP contribution in [0.5, 0.6) is 0 Å². The fourth-order valence-electron chi connectivity index (χ4n) is 3.85. The van der Waals surface area contributed by atoms with Gasteiger partial charge in [-0.25, -0.2) is 8.78 Å². The van der Waals surface area contributed by atoms with Gasteiger partial charge in [-0.1, -0.05) is 36.5 Å². The predicted octanol–water partition coefficient (Wildman–Crippen LogP) is 4.57. The zero-order valence-corrected chi connectivity index (χ0v) is 17.0. The Kier molecular flexibility index (Phi) is 6.01. The molecule has 154 valence electrons. The smallest absolute Gasteiger partial charge is 0.256 e. The largest absolute Gasteiger partial charge is 0.352 e. The number of amides is 1. The van der Waals surface area contributed by atoms with Gasteiger partial charge in [0.2, 0.25) is 0 Å². The molecule has 0 atom stereocenters. The fraction of sp³-hybridized carbons (Fsp3) is 0.217. The third kappa shape index (κ3) is 4.32. The number of halogens is 2. The molecule has 0 unspecified atom stereocenters. The average Bonchev–Trinajstić information content (AvgIpc) is 2.77. The summed E-state index contributed by atoms with van der Waals surface area (Å²) in [5.41, 5.74) is 2.34. The number of pyridine rings is 1. The molecule has 1 aliphatic heterocycles. The first-order valence-corrected chi connectivity index (χ1v) is 10.2. The number of hydrogen-bond donors (Lipinski definition) is 1. The third-order valence-corrected chi connectivity index (χ3v) is 5.72. The Bertz CT molecular complexity index is 1030. The summed E-state index contributed by atoms with van der Waals surface area (Å²) in [4.78, 5) is 19.8. The van der Waals surface area contributed by atoms with Crippen LogP contribution in [-0.2, 0) is 0 Å². The van der Waals surface area contributed by atoms with E-state index in [0.717, 1.165) is 11.1 Å². The van der Waals surface area contributed by atoms with Crippen LogP contribution in [0, 0.1) is 16.3 Å². The second-order valence-electron chi connectivity index (χ2n) is 7.25. The van der Waals surface area contributed by atoms with E-state index in [1.165, 1.54) is 24.3 Å². The highest BCUT2D eigenvalue weighted by Crippen LogP contribution is 2.30. The van der Waals surface area contributed by atoms with Gasteiger partial charge in [0, 0.05) is 32.4 Å². The standard InChI is InChI=1S/C23H21F2N3OS/c24-18-7-3-16(4-8-18)21(17-5-9-19(25)10-6-17)27-12-14-28(15-13-27)23(29)20-2-1-11-26-22(20)30/h1-11,21H,12-15H2,(H,26,30). The van der Waals surface area contributed by atoms with E-state index in [-0.39, 0.29) is 23.6 Å². The Balaban J connectivity index is 1.55. The van der Waals surface area contributed by atoms with Gasteiger partial charge in [-0.15, -0.1) is 0 Å². The quantitative estimate of drug-likeness (QED) is 0.623. The van der Waals surface area contributed by atoms with Crippen molar-refractivity contribution in [2.24, 2.45) is 0 Å². The molecule has 0 saturated carbocycles. The van der Waals surface area contributed by atoms with E-state index >= 15 is 0 Å². The molecule has 3 aromatic rings. The lowest BCUT2D eigenvalue weighted by atomic mass is 9.96. The van der Waals surface area contributed by atoms with Crippen LogP contribution in [-0.4, -0.2) is 46.9 Å². The van der Waals surface area contributed by atoms with Crippen molar-refractivity contribution in [1.82, 2.24) is 14.8 Å². The number of rotatable bonds is 4. The summed E-state index contributed by atoms with van der Waals surface area (Å²) in [6.45, 7) is 2.35. The summed E-state index contributed by atoms with van der Waals surface area (Å²) < 4.78 is 27.4. The molecule has 1 fully saturated rings. The maximum atomic E-state index is 13.5. The Morgan fingerprint density at radius 3 is 1.90 bits per heavy atom. The molecule has 1 saturated heterocycles. The van der Waals surface area contributed by atoms with Crippen molar-refractivity contribution in [3.8, 4) is 0 Å². The van der Waals surface area contributed by atoms with Gasteiger partial charge in [0.05, 0.1) is 11.6 Å². The van der Waals surface area contributed by atoms with Crippen LogP contribution < -0.4 is 0 Å². The van der Waals surface area contributed by atoms with E-state index in [0.29, 0.717) is 36.4 Å². The summed E-state index contributed by atoms with van der Waals surface area (Å²) in [6.07, 6.45) is 1.70. The maximum Gasteiger partial charge on any atom is 0.256 e. The van der Waals surface area contributed by atoms with Crippen molar-refractivity contribution in [3.05, 3.63) is 99.8 Å². The van der Waals surface area contributed by atoms with Gasteiger partial charge in [-0.2, -0.15) is 0 Å². The Morgan fingerprint density at radius 1 is 0.867 bits per heavy atom. The van der Waals surface area contributed by atoms with Crippen molar-refractivity contribution >= 4 is 18.1 Å². The van der Waals surface area contributed by atoms with Gasteiger partial charge in [0.1, 0.15) is 16.3 Å². The molecule has 1 aromatic heterocycles. The van der Waals surface area contributed by atoms with E-state index in [1.54, 1.807) is 47.5 Å². The first-order valence-electron chi connectivity index (χ1n) is 9.75. The molecule has 1 N–H and O–H groups in total. The molecular weight excluding hydrogens is 404 g/mol. The van der Waals surface area contributed by atoms with Crippen LogP contribution in [0.2, 0.25) is 0 Å². The molecule has 7 heteroatoms. The zero-order chi connectivity index (χ0) is 21.1. The second-order valence-corrected chi connectivity index (χ2v) is 7.65. The van der Waals surface area contributed by atoms with Crippen LogP contribution >= 0.6 is 12.2 Å². The lowest BCUT2D eigenvalue weighted by Gasteiger charge is -2.39. The summed E-state index contributed by atoms with van der Waals surface area (Å²) in [5.74, 6) is -0.686. The lowest BCUT2D eigenvalue weighted by Crippen LogP contribution is -2.50. The SMILES string of the molecule is O=C(c1ccc[nH]c1=S)N1CCN(C(c2ccc(F)cc2)c2ccc(F)cc2)CC1. The van der Waals surface area contributed by atoms with Crippen molar-refractivity contribution < 1.29 is 13.6 Å². The first kappa shape index (κ1) is 20.4. The minimum atomic E-state index is -0.300. The van der Waals surface area contributed by atoms with Crippen LogP contribution in [0.3, 0.4) is 0 Å². The van der Waals surface area contributed by atoms with E-state index < -0.39 is 0 Å². The molecule has 2 heterocycles. The first-order chi connectivity index (χ1) is 14.5. The molecule has 0 spiro atoms. The molecule has 2 aromatic carbocycles. The number of benzene rings is 2. The zero-order valence-electron chi connectivity index (χ0n) is 16.2. The van der Waals surface area contributed by atoms with Crippen LogP contribution in [0.15, 0.2) is 66.9 Å². The predicted molar refractivity (Wildman–Crippen MR) is 114 cm³/mol. The molecule has 4 nitrogen and oxygen atoms in total. The number of aromatic amines is 1. The average molecular weight is 426 g/mol.